The number of aryl methyl sites for hydroxylation is 2. The van der Waals surface area contributed by atoms with Crippen LogP contribution in [0.2, 0.25) is 0 Å². The maximum atomic E-state index is 12.4. The molecule has 0 radical (unpaired) electrons. The Morgan fingerprint density at radius 1 is 1.12 bits per heavy atom. The molecule has 0 spiro atoms. The Balaban J connectivity index is 1.58. The first-order chi connectivity index (χ1) is 12.1. The Kier molecular flexibility index (Phi) is 5.71. The van der Waals surface area contributed by atoms with Gasteiger partial charge in [0.15, 0.2) is 0 Å². The van der Waals surface area contributed by atoms with Crippen LogP contribution < -0.4 is 10.0 Å². The van der Waals surface area contributed by atoms with Crippen molar-refractivity contribution in [1.82, 2.24) is 9.71 Å². The van der Waals surface area contributed by atoms with Crippen molar-refractivity contribution in [2.45, 2.75) is 43.9 Å². The van der Waals surface area contributed by atoms with Crippen LogP contribution in [-0.4, -0.2) is 26.5 Å². The summed E-state index contributed by atoms with van der Waals surface area (Å²) in [6.07, 6.45) is 4.77. The van der Waals surface area contributed by atoms with Gasteiger partial charge in [0, 0.05) is 25.2 Å². The maximum absolute atomic E-state index is 12.4. The summed E-state index contributed by atoms with van der Waals surface area (Å²) in [6, 6.07) is 11.2. The summed E-state index contributed by atoms with van der Waals surface area (Å²) in [5.74, 6) is 0.943. The number of anilines is 1. The van der Waals surface area contributed by atoms with Crippen LogP contribution in [0.1, 0.15) is 36.6 Å². The summed E-state index contributed by atoms with van der Waals surface area (Å²) in [7, 11) is -3.47. The molecule has 2 N–H and O–H groups in total. The number of pyridine rings is 1. The van der Waals surface area contributed by atoms with Gasteiger partial charge in [0.2, 0.25) is 10.0 Å². The minimum Gasteiger partial charge on any atom is -0.370 e. The number of rotatable bonds is 7. The molecule has 0 bridgehead atoms. The molecule has 5 nitrogen and oxygen atoms in total. The van der Waals surface area contributed by atoms with Crippen molar-refractivity contribution in [1.29, 1.82) is 0 Å². The maximum Gasteiger partial charge on any atom is 0.240 e. The zero-order valence-electron chi connectivity index (χ0n) is 14.6. The van der Waals surface area contributed by atoms with Crippen LogP contribution in [0, 0.1) is 0 Å². The van der Waals surface area contributed by atoms with E-state index in [0.717, 1.165) is 49.3 Å². The largest absolute Gasteiger partial charge is 0.370 e. The first-order valence-electron chi connectivity index (χ1n) is 8.90. The highest BCUT2D eigenvalue weighted by Crippen LogP contribution is 2.19. The quantitative estimate of drug-likeness (QED) is 0.797. The lowest BCUT2D eigenvalue weighted by atomic mass is 10.1. The van der Waals surface area contributed by atoms with Gasteiger partial charge in [-0.05, 0) is 48.6 Å². The van der Waals surface area contributed by atoms with Gasteiger partial charge in [0.25, 0.3) is 0 Å². The molecule has 1 aliphatic rings. The average molecular weight is 359 g/mol. The molecule has 0 fully saturated rings. The van der Waals surface area contributed by atoms with Crippen LogP contribution in [-0.2, 0) is 29.3 Å². The third-order valence-electron chi connectivity index (χ3n) is 4.40. The van der Waals surface area contributed by atoms with E-state index in [-0.39, 0.29) is 0 Å². The van der Waals surface area contributed by atoms with E-state index in [1.165, 1.54) is 5.56 Å². The molecule has 0 saturated carbocycles. The van der Waals surface area contributed by atoms with Gasteiger partial charge < -0.3 is 5.32 Å². The van der Waals surface area contributed by atoms with E-state index in [0.29, 0.717) is 17.9 Å². The summed E-state index contributed by atoms with van der Waals surface area (Å²) in [5.41, 5.74) is 3.30. The van der Waals surface area contributed by atoms with Crippen molar-refractivity contribution in [3.63, 3.8) is 0 Å². The Hall–Kier alpha value is -1.92. The number of nitrogens with one attached hydrogen (secondary N) is 2. The topological polar surface area (TPSA) is 71.1 Å². The lowest BCUT2D eigenvalue weighted by Gasteiger charge is -2.17. The van der Waals surface area contributed by atoms with Gasteiger partial charge in [-0.25, -0.2) is 18.1 Å². The van der Waals surface area contributed by atoms with Crippen LogP contribution in [0.4, 0.5) is 5.82 Å². The van der Waals surface area contributed by atoms with Crippen molar-refractivity contribution in [2.24, 2.45) is 0 Å². The Morgan fingerprint density at radius 2 is 1.92 bits per heavy atom. The number of sulfonamides is 1. The Morgan fingerprint density at radius 3 is 2.68 bits per heavy atom. The van der Waals surface area contributed by atoms with Crippen molar-refractivity contribution in [3.05, 3.63) is 53.2 Å². The molecular weight excluding hydrogens is 334 g/mol. The minimum atomic E-state index is -3.47. The van der Waals surface area contributed by atoms with Gasteiger partial charge in [-0.15, -0.1) is 0 Å². The molecule has 6 heteroatoms. The molecule has 134 valence electrons. The molecule has 25 heavy (non-hydrogen) atoms. The van der Waals surface area contributed by atoms with Crippen LogP contribution in [0.25, 0.3) is 0 Å². The second-order valence-corrected chi connectivity index (χ2v) is 8.15. The monoisotopic (exact) mass is 359 g/mol. The molecule has 3 rings (SSSR count). The fourth-order valence-corrected chi connectivity index (χ4v) is 4.06. The van der Waals surface area contributed by atoms with E-state index < -0.39 is 10.0 Å². The highest BCUT2D eigenvalue weighted by Gasteiger charge is 2.14. The van der Waals surface area contributed by atoms with Gasteiger partial charge in [-0.1, -0.05) is 31.5 Å². The zero-order valence-corrected chi connectivity index (χ0v) is 15.4. The summed E-state index contributed by atoms with van der Waals surface area (Å²) >= 11 is 0. The van der Waals surface area contributed by atoms with E-state index in [1.54, 1.807) is 12.1 Å². The molecule has 2 heterocycles. The predicted octanol–water partition coefficient (Wildman–Crippen LogP) is 2.91. The number of fused-ring (bicyclic) bond motifs is 1. The fraction of sp³-hybridized carbons (Fsp3) is 0.421. The summed E-state index contributed by atoms with van der Waals surface area (Å²) in [4.78, 5) is 4.90. The van der Waals surface area contributed by atoms with E-state index in [2.05, 4.69) is 28.0 Å². The van der Waals surface area contributed by atoms with E-state index in [1.807, 2.05) is 18.2 Å². The van der Waals surface area contributed by atoms with Crippen LogP contribution >= 0.6 is 0 Å². The Labute approximate surface area is 149 Å². The summed E-state index contributed by atoms with van der Waals surface area (Å²) < 4.78 is 27.4. The molecule has 1 aromatic carbocycles. The highest BCUT2D eigenvalue weighted by atomic mass is 32.2. The number of hydrogen-bond donors (Lipinski definition) is 2. The highest BCUT2D eigenvalue weighted by molar-refractivity contribution is 7.89. The first kappa shape index (κ1) is 17.9. The molecule has 0 aliphatic carbocycles. The lowest BCUT2D eigenvalue weighted by Crippen LogP contribution is -2.26. The molecule has 1 aliphatic heterocycles. The number of benzene rings is 1. The van der Waals surface area contributed by atoms with Crippen molar-refractivity contribution in [3.8, 4) is 0 Å². The SMILES string of the molecule is CCCc1ccc(S(=O)(=O)NCCc2ccc3c(n2)NCCC3)cc1. The van der Waals surface area contributed by atoms with E-state index in [4.69, 9.17) is 0 Å². The van der Waals surface area contributed by atoms with Crippen molar-refractivity contribution >= 4 is 15.8 Å². The molecule has 0 saturated heterocycles. The van der Waals surface area contributed by atoms with Gasteiger partial charge in [0.05, 0.1) is 4.90 Å². The summed E-state index contributed by atoms with van der Waals surface area (Å²) in [6.45, 7) is 3.39. The third kappa shape index (κ3) is 4.58. The zero-order chi connectivity index (χ0) is 17.7. The van der Waals surface area contributed by atoms with Gasteiger partial charge in [-0.3, -0.25) is 0 Å². The van der Waals surface area contributed by atoms with E-state index in [9.17, 15) is 8.42 Å². The Bertz CT molecular complexity index is 817. The third-order valence-corrected chi connectivity index (χ3v) is 5.87. The molecule has 0 unspecified atom stereocenters. The molecule has 1 aromatic heterocycles. The van der Waals surface area contributed by atoms with Crippen LogP contribution in [0.5, 0.6) is 0 Å². The molecular formula is C19H25N3O2S. The second-order valence-electron chi connectivity index (χ2n) is 6.38. The van der Waals surface area contributed by atoms with Gasteiger partial charge in [0.1, 0.15) is 5.82 Å². The molecule has 2 aromatic rings. The standard InChI is InChI=1S/C19H25N3O2S/c1-2-4-15-6-10-18(11-7-15)25(23,24)21-14-12-17-9-8-16-5-3-13-20-19(16)22-17/h6-11,21H,2-5,12-14H2,1H3,(H,20,22). The van der Waals surface area contributed by atoms with Crippen molar-refractivity contribution < 1.29 is 8.42 Å². The van der Waals surface area contributed by atoms with Crippen LogP contribution in [0.15, 0.2) is 41.3 Å². The molecule has 0 amide bonds. The predicted molar refractivity (Wildman–Crippen MR) is 100 cm³/mol. The van der Waals surface area contributed by atoms with Gasteiger partial charge in [-0.2, -0.15) is 0 Å². The first-order valence-corrected chi connectivity index (χ1v) is 10.4. The number of aromatic nitrogens is 1. The number of hydrogen-bond acceptors (Lipinski definition) is 4. The molecule has 0 atom stereocenters. The minimum absolute atomic E-state index is 0.312. The summed E-state index contributed by atoms with van der Waals surface area (Å²) in [5, 5.41) is 3.30. The van der Waals surface area contributed by atoms with Crippen LogP contribution in [0.3, 0.4) is 0 Å². The lowest BCUT2D eigenvalue weighted by molar-refractivity contribution is 0.581. The normalized spacial score (nSPS) is 14.0. The van der Waals surface area contributed by atoms with Gasteiger partial charge >= 0.3 is 0 Å². The van der Waals surface area contributed by atoms with Crippen molar-refractivity contribution in [2.75, 3.05) is 18.4 Å². The smallest absolute Gasteiger partial charge is 0.240 e. The van der Waals surface area contributed by atoms with E-state index >= 15 is 0 Å². The fourth-order valence-electron chi connectivity index (χ4n) is 3.03. The second kappa shape index (κ2) is 7.97. The number of nitrogens with zero attached hydrogens (tertiary/aromatic N) is 1. The average Bonchev–Trinajstić information content (AvgIpc) is 2.62.